The number of ether oxygens (including phenoxy) is 1. The van der Waals surface area contributed by atoms with Crippen molar-refractivity contribution in [2.45, 2.75) is 56.3 Å². The van der Waals surface area contributed by atoms with Crippen molar-refractivity contribution < 1.29 is 9.53 Å². The first kappa shape index (κ1) is 13.8. The second kappa shape index (κ2) is 5.54. The smallest absolute Gasteiger partial charge is 0.135 e. The van der Waals surface area contributed by atoms with Crippen molar-refractivity contribution in [1.82, 2.24) is 0 Å². The lowest BCUT2D eigenvalue weighted by Gasteiger charge is -2.33. The van der Waals surface area contributed by atoms with Crippen LogP contribution in [0.1, 0.15) is 40.0 Å². The van der Waals surface area contributed by atoms with Gasteiger partial charge in [-0.3, -0.25) is 4.79 Å². The highest BCUT2D eigenvalue weighted by atomic mass is 32.2. The van der Waals surface area contributed by atoms with Gasteiger partial charge in [0.05, 0.1) is 16.3 Å². The largest absolute Gasteiger partial charge is 0.372 e. The fourth-order valence-corrected chi connectivity index (χ4v) is 5.73. The summed E-state index contributed by atoms with van der Waals surface area (Å²) in [7, 11) is 0. The third-order valence-corrected chi connectivity index (χ3v) is 6.30. The number of hydrogen-bond donors (Lipinski definition) is 0. The van der Waals surface area contributed by atoms with Crippen LogP contribution in [0, 0.1) is 5.92 Å². The Labute approximate surface area is 113 Å². The van der Waals surface area contributed by atoms with Crippen molar-refractivity contribution in [2.75, 3.05) is 11.5 Å². The fraction of sp³-hybridized carbons (Fsp3) is 0.923. The van der Waals surface area contributed by atoms with Gasteiger partial charge in [-0.05, 0) is 38.7 Å². The van der Waals surface area contributed by atoms with E-state index in [4.69, 9.17) is 4.74 Å². The van der Waals surface area contributed by atoms with Crippen molar-refractivity contribution in [3.63, 3.8) is 0 Å². The molecule has 98 valence electrons. The molecular formula is C13H22O2S2. The highest BCUT2D eigenvalue weighted by Crippen LogP contribution is 2.43. The maximum Gasteiger partial charge on any atom is 0.135 e. The number of carbonyl (C=O) groups excluding carboxylic acids is 1. The number of ketones is 1. The first-order valence-electron chi connectivity index (χ1n) is 6.38. The van der Waals surface area contributed by atoms with Crippen LogP contribution in [0.4, 0.5) is 0 Å². The summed E-state index contributed by atoms with van der Waals surface area (Å²) < 4.78 is 6.66. The Kier molecular flexibility index (Phi) is 4.48. The third kappa shape index (κ3) is 3.90. The van der Waals surface area contributed by atoms with Crippen LogP contribution in [0.3, 0.4) is 0 Å². The van der Waals surface area contributed by atoms with E-state index < -0.39 is 0 Å². The molecule has 0 bridgehead atoms. The van der Waals surface area contributed by atoms with Gasteiger partial charge >= 0.3 is 0 Å². The van der Waals surface area contributed by atoms with Gasteiger partial charge in [-0.15, -0.1) is 23.5 Å². The summed E-state index contributed by atoms with van der Waals surface area (Å²) in [6.45, 7) is 6.23. The van der Waals surface area contributed by atoms with E-state index >= 15 is 0 Å². The van der Waals surface area contributed by atoms with Crippen molar-refractivity contribution in [3.05, 3.63) is 0 Å². The normalized spacial score (nSPS) is 32.1. The lowest BCUT2D eigenvalue weighted by Crippen LogP contribution is -2.34. The number of carbonyl (C=O) groups is 1. The summed E-state index contributed by atoms with van der Waals surface area (Å²) >= 11 is 4.05. The van der Waals surface area contributed by atoms with Gasteiger partial charge in [-0.2, -0.15) is 0 Å². The van der Waals surface area contributed by atoms with E-state index in [2.05, 4.69) is 20.8 Å². The highest BCUT2D eigenvalue weighted by molar-refractivity contribution is 8.17. The second-order valence-corrected chi connectivity index (χ2v) is 8.64. The zero-order valence-electron chi connectivity index (χ0n) is 10.9. The molecule has 0 aromatic rings. The van der Waals surface area contributed by atoms with Gasteiger partial charge in [0.25, 0.3) is 0 Å². The molecule has 1 saturated heterocycles. The molecule has 0 aromatic carbocycles. The zero-order valence-corrected chi connectivity index (χ0v) is 12.5. The van der Waals surface area contributed by atoms with E-state index in [1.807, 2.05) is 23.5 Å². The molecule has 1 heterocycles. The molecule has 2 aliphatic rings. The molecular weight excluding hydrogens is 252 g/mol. The highest BCUT2D eigenvalue weighted by Gasteiger charge is 2.41. The van der Waals surface area contributed by atoms with E-state index in [-0.39, 0.29) is 11.7 Å². The minimum atomic E-state index is -0.141. The van der Waals surface area contributed by atoms with Crippen LogP contribution >= 0.6 is 23.5 Å². The lowest BCUT2D eigenvalue weighted by molar-refractivity contribution is -0.119. The summed E-state index contributed by atoms with van der Waals surface area (Å²) in [5, 5.41) is 0. The Bertz CT molecular complexity index is 280. The SMILES string of the molecule is CC(C)(C)O[C@@H]1CC(=O)C[C@H]1C1SCCCS1. The average Bonchev–Trinajstić information content (AvgIpc) is 2.58. The molecule has 2 atom stereocenters. The Morgan fingerprint density at radius 2 is 1.82 bits per heavy atom. The van der Waals surface area contributed by atoms with Crippen LogP contribution < -0.4 is 0 Å². The van der Waals surface area contributed by atoms with Crippen LogP contribution in [0.5, 0.6) is 0 Å². The lowest BCUT2D eigenvalue weighted by atomic mass is 10.1. The van der Waals surface area contributed by atoms with Crippen LogP contribution in [0.15, 0.2) is 0 Å². The maximum absolute atomic E-state index is 11.7. The predicted octanol–water partition coefficient (Wildman–Crippen LogP) is 3.35. The number of Topliss-reactive ketones (excluding diaryl/α,β-unsaturated/α-hetero) is 1. The van der Waals surface area contributed by atoms with Gasteiger partial charge in [0, 0.05) is 18.8 Å². The van der Waals surface area contributed by atoms with Crippen LogP contribution in [-0.2, 0) is 9.53 Å². The van der Waals surface area contributed by atoms with E-state index in [1.54, 1.807) is 0 Å². The Hall–Kier alpha value is 0.330. The number of hydrogen-bond acceptors (Lipinski definition) is 4. The molecule has 0 spiro atoms. The molecule has 1 saturated carbocycles. The van der Waals surface area contributed by atoms with E-state index in [9.17, 15) is 4.79 Å². The van der Waals surface area contributed by atoms with Gasteiger partial charge in [0.2, 0.25) is 0 Å². The first-order valence-corrected chi connectivity index (χ1v) is 8.48. The monoisotopic (exact) mass is 274 g/mol. The molecule has 0 unspecified atom stereocenters. The van der Waals surface area contributed by atoms with Gasteiger partial charge in [0.15, 0.2) is 0 Å². The van der Waals surface area contributed by atoms with Crippen LogP contribution in [0.25, 0.3) is 0 Å². The Morgan fingerprint density at radius 1 is 1.18 bits per heavy atom. The van der Waals surface area contributed by atoms with E-state index in [0.717, 1.165) is 6.42 Å². The van der Waals surface area contributed by atoms with Gasteiger partial charge < -0.3 is 4.74 Å². The van der Waals surface area contributed by atoms with Crippen LogP contribution in [0.2, 0.25) is 0 Å². The minimum absolute atomic E-state index is 0.141. The average molecular weight is 274 g/mol. The van der Waals surface area contributed by atoms with Crippen molar-refractivity contribution in [2.24, 2.45) is 5.92 Å². The standard InChI is InChI=1S/C13H22O2S2/c1-13(2,3)15-11-8-9(14)7-10(11)12-16-5-4-6-17-12/h10-12H,4-8H2,1-3H3/t10-,11-/m1/s1. The van der Waals surface area contributed by atoms with Crippen molar-refractivity contribution in [3.8, 4) is 0 Å². The molecule has 2 fully saturated rings. The number of rotatable bonds is 2. The number of thioether (sulfide) groups is 2. The molecule has 17 heavy (non-hydrogen) atoms. The molecule has 4 heteroatoms. The quantitative estimate of drug-likeness (QED) is 0.771. The Morgan fingerprint density at radius 3 is 2.41 bits per heavy atom. The summed E-state index contributed by atoms with van der Waals surface area (Å²) in [5.41, 5.74) is -0.141. The second-order valence-electron chi connectivity index (χ2n) is 5.84. The summed E-state index contributed by atoms with van der Waals surface area (Å²) in [4.78, 5) is 11.7. The third-order valence-electron chi connectivity index (χ3n) is 3.08. The first-order chi connectivity index (χ1) is 7.96. The van der Waals surface area contributed by atoms with Gasteiger partial charge in [-0.25, -0.2) is 0 Å². The Balaban J connectivity index is 2.00. The molecule has 2 nitrogen and oxygen atoms in total. The van der Waals surface area contributed by atoms with Crippen molar-refractivity contribution >= 4 is 29.3 Å². The molecule has 1 aliphatic heterocycles. The van der Waals surface area contributed by atoms with Gasteiger partial charge in [0.1, 0.15) is 5.78 Å². The van der Waals surface area contributed by atoms with Crippen molar-refractivity contribution in [1.29, 1.82) is 0 Å². The molecule has 0 N–H and O–H groups in total. The molecule has 0 amide bonds. The summed E-state index contributed by atoms with van der Waals surface area (Å²) in [5.74, 6) is 3.29. The zero-order chi connectivity index (χ0) is 12.5. The minimum Gasteiger partial charge on any atom is -0.372 e. The molecule has 0 radical (unpaired) electrons. The molecule has 2 rings (SSSR count). The van der Waals surface area contributed by atoms with Crippen LogP contribution in [-0.4, -0.2) is 33.6 Å². The maximum atomic E-state index is 11.7. The van der Waals surface area contributed by atoms with E-state index in [0.29, 0.717) is 22.7 Å². The molecule has 0 aromatic heterocycles. The fourth-order valence-electron chi connectivity index (χ4n) is 2.46. The van der Waals surface area contributed by atoms with Gasteiger partial charge in [-0.1, -0.05) is 0 Å². The molecule has 1 aliphatic carbocycles. The van der Waals surface area contributed by atoms with E-state index in [1.165, 1.54) is 17.9 Å². The predicted molar refractivity (Wildman–Crippen MR) is 75.7 cm³/mol. The topological polar surface area (TPSA) is 26.3 Å². The summed E-state index contributed by atoms with van der Waals surface area (Å²) in [6.07, 6.45) is 2.80. The summed E-state index contributed by atoms with van der Waals surface area (Å²) in [6, 6.07) is 0.